The van der Waals surface area contributed by atoms with Crippen molar-refractivity contribution in [1.29, 1.82) is 0 Å². The number of nitrogens with one attached hydrogen (secondary N) is 1. The van der Waals surface area contributed by atoms with Crippen molar-refractivity contribution in [2.45, 2.75) is 45.7 Å². The van der Waals surface area contributed by atoms with Crippen molar-refractivity contribution in [3.63, 3.8) is 0 Å². The maximum Gasteiger partial charge on any atom is 0.317 e. The Labute approximate surface area is 151 Å². The van der Waals surface area contributed by atoms with Crippen LogP contribution < -0.4 is 10.1 Å². The predicted octanol–water partition coefficient (Wildman–Crippen LogP) is 3.10. The van der Waals surface area contributed by atoms with Gasteiger partial charge in [0.2, 0.25) is 0 Å². The van der Waals surface area contributed by atoms with E-state index in [1.165, 1.54) is 6.42 Å². The number of carbonyl (C=O) groups excluding carboxylic acids is 1. The first-order valence-electron chi connectivity index (χ1n) is 9.68. The molecule has 2 aliphatic rings. The van der Waals surface area contributed by atoms with Gasteiger partial charge < -0.3 is 19.9 Å². The first-order chi connectivity index (χ1) is 12.2. The quantitative estimate of drug-likeness (QED) is 0.787. The molecule has 5 heteroatoms. The molecule has 1 aliphatic heterocycles. The Balaban J connectivity index is 1.54. The van der Waals surface area contributed by atoms with E-state index in [0.29, 0.717) is 25.1 Å². The second-order valence-corrected chi connectivity index (χ2v) is 7.17. The van der Waals surface area contributed by atoms with Crippen LogP contribution in [-0.4, -0.2) is 54.7 Å². The zero-order valence-corrected chi connectivity index (χ0v) is 15.5. The van der Waals surface area contributed by atoms with Crippen LogP contribution in [0.5, 0.6) is 5.75 Å². The number of carbonyl (C=O) groups is 1. The molecular formula is C20H31N3O2. The molecule has 0 spiro atoms. The first-order valence-corrected chi connectivity index (χ1v) is 9.68. The highest BCUT2D eigenvalue weighted by atomic mass is 16.5. The van der Waals surface area contributed by atoms with Crippen LogP contribution >= 0.6 is 0 Å². The summed E-state index contributed by atoms with van der Waals surface area (Å²) in [4.78, 5) is 17.2. The van der Waals surface area contributed by atoms with Gasteiger partial charge in [-0.25, -0.2) is 4.79 Å². The summed E-state index contributed by atoms with van der Waals surface area (Å²) in [6, 6.07) is 8.56. The van der Waals surface area contributed by atoms with Gasteiger partial charge in [-0.1, -0.05) is 19.1 Å². The fraction of sp³-hybridized carbons (Fsp3) is 0.650. The number of benzene rings is 1. The molecule has 0 radical (unpaired) electrons. The Morgan fingerprint density at radius 2 is 2.16 bits per heavy atom. The lowest BCUT2D eigenvalue weighted by Gasteiger charge is -2.24. The molecule has 5 nitrogen and oxygen atoms in total. The fourth-order valence-electron chi connectivity index (χ4n) is 3.55. The van der Waals surface area contributed by atoms with Gasteiger partial charge in [-0.3, -0.25) is 0 Å². The third-order valence-electron chi connectivity index (χ3n) is 5.17. The van der Waals surface area contributed by atoms with Crippen LogP contribution in [0.2, 0.25) is 0 Å². The number of rotatable bonds is 8. The lowest BCUT2D eigenvalue weighted by Crippen LogP contribution is -2.43. The van der Waals surface area contributed by atoms with Gasteiger partial charge in [0.1, 0.15) is 5.75 Å². The first kappa shape index (κ1) is 18.1. The molecule has 1 atom stereocenters. The van der Waals surface area contributed by atoms with E-state index in [2.05, 4.69) is 23.2 Å². The number of ether oxygens (including phenoxy) is 1. The number of urea groups is 1. The van der Waals surface area contributed by atoms with Crippen LogP contribution in [0.4, 0.5) is 4.79 Å². The lowest BCUT2D eigenvalue weighted by atomic mass is 10.1. The SMILES string of the molecule is CCOc1cccc(CN(C(=O)NC[C@H]2CCN(CC)C2)C2CC2)c1. The summed E-state index contributed by atoms with van der Waals surface area (Å²) < 4.78 is 5.58. The molecule has 1 heterocycles. The topological polar surface area (TPSA) is 44.8 Å². The van der Waals surface area contributed by atoms with Gasteiger partial charge in [-0.05, 0) is 62.9 Å². The summed E-state index contributed by atoms with van der Waals surface area (Å²) in [6.45, 7) is 9.66. The summed E-state index contributed by atoms with van der Waals surface area (Å²) in [6.07, 6.45) is 3.42. The van der Waals surface area contributed by atoms with Crippen molar-refractivity contribution in [1.82, 2.24) is 15.1 Å². The number of amides is 2. The summed E-state index contributed by atoms with van der Waals surface area (Å²) >= 11 is 0. The van der Waals surface area contributed by atoms with Crippen molar-refractivity contribution in [2.24, 2.45) is 5.92 Å². The summed E-state index contributed by atoms with van der Waals surface area (Å²) in [5, 5.41) is 3.18. The van der Waals surface area contributed by atoms with Gasteiger partial charge in [0.25, 0.3) is 0 Å². The van der Waals surface area contributed by atoms with Crippen LogP contribution in [0.3, 0.4) is 0 Å². The largest absolute Gasteiger partial charge is 0.494 e. The Bertz CT molecular complexity index is 574. The minimum atomic E-state index is 0.0826. The highest BCUT2D eigenvalue weighted by Crippen LogP contribution is 2.29. The summed E-state index contributed by atoms with van der Waals surface area (Å²) in [7, 11) is 0. The molecule has 0 aromatic heterocycles. The number of hydrogen-bond donors (Lipinski definition) is 1. The molecule has 1 saturated carbocycles. The molecule has 1 aromatic carbocycles. The van der Waals surface area contributed by atoms with Crippen LogP contribution in [-0.2, 0) is 6.54 Å². The van der Waals surface area contributed by atoms with Gasteiger partial charge in [0.05, 0.1) is 6.61 Å². The van der Waals surface area contributed by atoms with Gasteiger partial charge in [-0.15, -0.1) is 0 Å². The molecule has 25 heavy (non-hydrogen) atoms. The molecule has 2 amide bonds. The zero-order chi connectivity index (χ0) is 17.6. The van der Waals surface area contributed by atoms with Crippen molar-refractivity contribution in [3.05, 3.63) is 29.8 Å². The van der Waals surface area contributed by atoms with E-state index in [9.17, 15) is 4.79 Å². The van der Waals surface area contributed by atoms with Gasteiger partial charge in [0, 0.05) is 25.7 Å². The van der Waals surface area contributed by atoms with E-state index in [1.807, 2.05) is 30.0 Å². The normalized spacial score (nSPS) is 20.5. The lowest BCUT2D eigenvalue weighted by molar-refractivity contribution is 0.190. The molecule has 1 saturated heterocycles. The standard InChI is InChI=1S/C20H31N3O2/c1-3-22-11-10-17(14-22)13-21-20(24)23(18-8-9-18)15-16-6-5-7-19(12-16)25-4-2/h5-7,12,17-18H,3-4,8-11,13-15H2,1-2H3,(H,21,24)/t17-/m1/s1. The third-order valence-corrected chi connectivity index (χ3v) is 5.17. The predicted molar refractivity (Wildman–Crippen MR) is 99.8 cm³/mol. The fourth-order valence-corrected chi connectivity index (χ4v) is 3.55. The van der Waals surface area contributed by atoms with Crippen LogP contribution in [0.15, 0.2) is 24.3 Å². The van der Waals surface area contributed by atoms with E-state index in [4.69, 9.17) is 4.74 Å². The minimum absolute atomic E-state index is 0.0826. The molecule has 0 unspecified atom stereocenters. The molecule has 1 aliphatic carbocycles. The molecule has 1 aromatic rings. The Morgan fingerprint density at radius 1 is 1.32 bits per heavy atom. The molecule has 138 valence electrons. The molecule has 2 fully saturated rings. The van der Waals surface area contributed by atoms with Crippen molar-refractivity contribution in [2.75, 3.05) is 32.8 Å². The van der Waals surface area contributed by atoms with Gasteiger partial charge in [-0.2, -0.15) is 0 Å². The number of likely N-dealkylation sites (tertiary alicyclic amines) is 1. The average Bonchev–Trinajstić information content (AvgIpc) is 3.36. The van der Waals surface area contributed by atoms with E-state index >= 15 is 0 Å². The van der Waals surface area contributed by atoms with E-state index < -0.39 is 0 Å². The Kier molecular flexibility index (Phi) is 6.19. The van der Waals surface area contributed by atoms with E-state index in [1.54, 1.807) is 0 Å². The molecule has 0 bridgehead atoms. The van der Waals surface area contributed by atoms with E-state index in [-0.39, 0.29) is 6.03 Å². The highest BCUT2D eigenvalue weighted by Gasteiger charge is 2.33. The highest BCUT2D eigenvalue weighted by molar-refractivity contribution is 5.75. The smallest absolute Gasteiger partial charge is 0.317 e. The number of nitrogens with zero attached hydrogens (tertiary/aromatic N) is 2. The monoisotopic (exact) mass is 345 g/mol. The number of hydrogen-bond acceptors (Lipinski definition) is 3. The van der Waals surface area contributed by atoms with Crippen molar-refractivity contribution < 1.29 is 9.53 Å². The van der Waals surface area contributed by atoms with Crippen molar-refractivity contribution >= 4 is 6.03 Å². The molecule has 3 rings (SSSR count). The van der Waals surface area contributed by atoms with Crippen LogP contribution in [0.25, 0.3) is 0 Å². The minimum Gasteiger partial charge on any atom is -0.494 e. The third kappa shape index (κ3) is 5.11. The van der Waals surface area contributed by atoms with Crippen LogP contribution in [0.1, 0.15) is 38.7 Å². The Hall–Kier alpha value is -1.75. The van der Waals surface area contributed by atoms with Crippen molar-refractivity contribution in [3.8, 4) is 5.75 Å². The maximum atomic E-state index is 12.7. The van der Waals surface area contributed by atoms with Crippen LogP contribution in [0, 0.1) is 5.92 Å². The summed E-state index contributed by atoms with van der Waals surface area (Å²) in [5.41, 5.74) is 1.13. The molecular weight excluding hydrogens is 314 g/mol. The Morgan fingerprint density at radius 3 is 2.84 bits per heavy atom. The van der Waals surface area contributed by atoms with E-state index in [0.717, 1.165) is 50.3 Å². The van der Waals surface area contributed by atoms with Gasteiger partial charge in [0.15, 0.2) is 0 Å². The maximum absolute atomic E-state index is 12.7. The molecule has 1 N–H and O–H groups in total. The zero-order valence-electron chi connectivity index (χ0n) is 15.5. The second kappa shape index (κ2) is 8.56. The second-order valence-electron chi connectivity index (χ2n) is 7.17. The average molecular weight is 345 g/mol. The van der Waals surface area contributed by atoms with Gasteiger partial charge >= 0.3 is 6.03 Å². The summed E-state index contributed by atoms with van der Waals surface area (Å²) in [5.74, 6) is 1.47.